The van der Waals surface area contributed by atoms with Gasteiger partial charge in [0, 0.05) is 6.54 Å². The quantitative estimate of drug-likeness (QED) is 0.749. The second kappa shape index (κ2) is 9.47. The molecule has 0 spiro atoms. The Morgan fingerprint density at radius 3 is 2.32 bits per heavy atom. The lowest BCUT2D eigenvalue weighted by molar-refractivity contribution is -0.123. The zero-order chi connectivity index (χ0) is 18.1. The summed E-state index contributed by atoms with van der Waals surface area (Å²) >= 11 is 0. The third-order valence-corrected chi connectivity index (χ3v) is 3.38. The molecule has 0 aliphatic carbocycles. The van der Waals surface area contributed by atoms with Crippen molar-refractivity contribution in [2.45, 2.75) is 20.5 Å². The second-order valence-electron chi connectivity index (χ2n) is 6.07. The molecular weight excluding hydrogens is 318 g/mol. The van der Waals surface area contributed by atoms with Crippen molar-refractivity contribution in [3.05, 3.63) is 65.7 Å². The van der Waals surface area contributed by atoms with E-state index in [1.165, 1.54) is 0 Å². The van der Waals surface area contributed by atoms with Crippen molar-refractivity contribution in [1.29, 1.82) is 0 Å². The molecule has 2 aromatic rings. The Bertz CT molecular complexity index is 681. The highest BCUT2D eigenvalue weighted by Gasteiger charge is 2.08. The maximum absolute atomic E-state index is 12.0. The second-order valence-corrected chi connectivity index (χ2v) is 6.07. The summed E-state index contributed by atoms with van der Waals surface area (Å²) in [6.45, 7) is 4.85. The van der Waals surface area contributed by atoms with E-state index >= 15 is 0 Å². The lowest BCUT2D eigenvalue weighted by Crippen LogP contribution is -2.31. The lowest BCUT2D eigenvalue weighted by atomic mass is 10.2. The summed E-state index contributed by atoms with van der Waals surface area (Å²) in [6, 6.07) is 16.0. The van der Waals surface area contributed by atoms with Crippen LogP contribution in [-0.2, 0) is 16.1 Å². The van der Waals surface area contributed by atoms with Gasteiger partial charge in [-0.1, -0.05) is 44.2 Å². The van der Waals surface area contributed by atoms with Crippen LogP contribution in [0.25, 0.3) is 0 Å². The van der Waals surface area contributed by atoms with Crippen LogP contribution in [0.5, 0.6) is 5.75 Å². The van der Waals surface area contributed by atoms with Crippen LogP contribution in [0.15, 0.2) is 54.6 Å². The Kier molecular flexibility index (Phi) is 7.01. The molecule has 0 fully saturated rings. The highest BCUT2D eigenvalue weighted by molar-refractivity contribution is 5.89. The minimum atomic E-state index is -0.398. The Balaban J connectivity index is 1.78. The van der Waals surface area contributed by atoms with Gasteiger partial charge < -0.3 is 14.8 Å². The topological polar surface area (TPSA) is 64.6 Å². The average molecular weight is 341 g/mol. The van der Waals surface area contributed by atoms with Crippen molar-refractivity contribution in [2.75, 3.05) is 13.2 Å². The molecule has 132 valence electrons. The Morgan fingerprint density at radius 2 is 1.68 bits per heavy atom. The van der Waals surface area contributed by atoms with Crippen molar-refractivity contribution in [3.63, 3.8) is 0 Å². The molecule has 0 aliphatic rings. The molecule has 0 atom stereocenters. The van der Waals surface area contributed by atoms with Crippen LogP contribution in [0.2, 0.25) is 0 Å². The predicted octanol–water partition coefficient (Wildman–Crippen LogP) is 3.19. The maximum Gasteiger partial charge on any atom is 0.338 e. The van der Waals surface area contributed by atoms with E-state index in [4.69, 9.17) is 9.47 Å². The molecule has 0 saturated carbocycles. The van der Waals surface area contributed by atoms with Crippen LogP contribution in [0.1, 0.15) is 29.8 Å². The molecule has 0 heterocycles. The minimum absolute atomic E-state index is 0.0511. The molecule has 0 aromatic heterocycles. The molecule has 5 nitrogen and oxygen atoms in total. The number of carbonyl (C=O) groups is 2. The summed E-state index contributed by atoms with van der Waals surface area (Å²) in [6.07, 6.45) is 0. The van der Waals surface area contributed by atoms with Gasteiger partial charge in [0.1, 0.15) is 12.4 Å². The molecule has 25 heavy (non-hydrogen) atoms. The first-order chi connectivity index (χ1) is 12.0. The number of benzene rings is 2. The molecule has 2 aromatic carbocycles. The minimum Gasteiger partial charge on any atom is -0.484 e. The molecule has 2 rings (SSSR count). The molecule has 1 N–H and O–H groups in total. The van der Waals surface area contributed by atoms with Gasteiger partial charge in [-0.25, -0.2) is 4.79 Å². The number of amides is 1. The fourth-order valence-electron chi connectivity index (χ4n) is 2.01. The number of esters is 1. The summed E-state index contributed by atoms with van der Waals surface area (Å²) in [5, 5.41) is 2.78. The Morgan fingerprint density at radius 1 is 1.00 bits per heavy atom. The average Bonchev–Trinajstić information content (AvgIpc) is 2.64. The summed E-state index contributed by atoms with van der Waals surface area (Å²) in [4.78, 5) is 23.6. The van der Waals surface area contributed by atoms with Crippen LogP contribution in [0, 0.1) is 5.92 Å². The lowest BCUT2D eigenvalue weighted by Gasteiger charge is -2.09. The fourth-order valence-corrected chi connectivity index (χ4v) is 2.01. The first kappa shape index (κ1) is 18.5. The number of hydrogen-bond acceptors (Lipinski definition) is 4. The molecular formula is C20H23NO4. The van der Waals surface area contributed by atoms with Gasteiger partial charge in [-0.15, -0.1) is 0 Å². The largest absolute Gasteiger partial charge is 0.484 e. The molecule has 5 heteroatoms. The zero-order valence-corrected chi connectivity index (χ0v) is 14.5. The smallest absolute Gasteiger partial charge is 0.338 e. The van der Waals surface area contributed by atoms with Crippen molar-refractivity contribution in [3.8, 4) is 5.75 Å². The predicted molar refractivity (Wildman–Crippen MR) is 95.3 cm³/mol. The first-order valence-corrected chi connectivity index (χ1v) is 8.25. The van der Waals surface area contributed by atoms with E-state index in [2.05, 4.69) is 5.32 Å². The van der Waals surface area contributed by atoms with Crippen LogP contribution in [0.4, 0.5) is 0 Å². The molecule has 0 unspecified atom stereocenters. The first-order valence-electron chi connectivity index (χ1n) is 8.25. The van der Waals surface area contributed by atoms with E-state index in [1.54, 1.807) is 24.3 Å². The van der Waals surface area contributed by atoms with Crippen molar-refractivity contribution >= 4 is 11.9 Å². The van der Waals surface area contributed by atoms with Gasteiger partial charge in [-0.3, -0.25) is 4.79 Å². The van der Waals surface area contributed by atoms with Gasteiger partial charge in [-0.05, 0) is 35.7 Å². The van der Waals surface area contributed by atoms with Crippen molar-refractivity contribution in [1.82, 2.24) is 5.32 Å². The number of rotatable bonds is 8. The van der Waals surface area contributed by atoms with Gasteiger partial charge in [-0.2, -0.15) is 0 Å². The van der Waals surface area contributed by atoms with E-state index in [9.17, 15) is 9.59 Å². The maximum atomic E-state index is 12.0. The molecule has 0 aliphatic heterocycles. The van der Waals surface area contributed by atoms with E-state index in [1.807, 2.05) is 44.2 Å². The van der Waals surface area contributed by atoms with Gasteiger partial charge in [0.15, 0.2) is 6.61 Å². The van der Waals surface area contributed by atoms with Crippen LogP contribution in [-0.4, -0.2) is 25.0 Å². The highest BCUT2D eigenvalue weighted by atomic mass is 16.5. The third kappa shape index (κ3) is 6.67. The summed E-state index contributed by atoms with van der Waals surface area (Å²) in [7, 11) is 0. The fraction of sp³-hybridized carbons (Fsp3) is 0.300. The highest BCUT2D eigenvalue weighted by Crippen LogP contribution is 2.13. The number of carbonyl (C=O) groups excluding carboxylic acids is 2. The summed E-state index contributed by atoms with van der Waals surface area (Å²) in [5.41, 5.74) is 1.37. The Labute approximate surface area is 148 Å². The van der Waals surface area contributed by atoms with E-state index in [0.717, 1.165) is 5.56 Å². The van der Waals surface area contributed by atoms with Crippen molar-refractivity contribution in [2.24, 2.45) is 5.92 Å². The van der Waals surface area contributed by atoms with E-state index < -0.39 is 5.97 Å². The standard InChI is InChI=1S/C20H23NO4/c1-15(2)12-21-19(22)14-24-18-10-8-17(9-11-18)20(23)25-13-16-6-4-3-5-7-16/h3-11,15H,12-14H2,1-2H3,(H,21,22). The number of ether oxygens (including phenoxy) is 2. The third-order valence-electron chi connectivity index (χ3n) is 3.38. The molecule has 0 radical (unpaired) electrons. The van der Waals surface area contributed by atoms with Gasteiger partial charge >= 0.3 is 5.97 Å². The molecule has 1 amide bonds. The zero-order valence-electron chi connectivity index (χ0n) is 14.5. The molecule has 0 bridgehead atoms. The summed E-state index contributed by atoms with van der Waals surface area (Å²) in [5.74, 6) is 0.356. The van der Waals surface area contributed by atoms with E-state index in [0.29, 0.717) is 23.8 Å². The van der Waals surface area contributed by atoms with Gasteiger partial charge in [0.2, 0.25) is 0 Å². The van der Waals surface area contributed by atoms with E-state index in [-0.39, 0.29) is 19.1 Å². The molecule has 0 saturated heterocycles. The van der Waals surface area contributed by atoms with Gasteiger partial charge in [0.05, 0.1) is 5.56 Å². The van der Waals surface area contributed by atoms with Crippen LogP contribution in [0.3, 0.4) is 0 Å². The van der Waals surface area contributed by atoms with Crippen LogP contribution < -0.4 is 10.1 Å². The summed E-state index contributed by atoms with van der Waals surface area (Å²) < 4.78 is 10.7. The monoisotopic (exact) mass is 341 g/mol. The van der Waals surface area contributed by atoms with Gasteiger partial charge in [0.25, 0.3) is 5.91 Å². The van der Waals surface area contributed by atoms with Crippen LogP contribution >= 0.6 is 0 Å². The van der Waals surface area contributed by atoms with Crippen molar-refractivity contribution < 1.29 is 19.1 Å². The Hall–Kier alpha value is -2.82. The SMILES string of the molecule is CC(C)CNC(=O)COc1ccc(C(=O)OCc2ccccc2)cc1. The normalized spacial score (nSPS) is 10.4. The number of hydrogen-bond donors (Lipinski definition) is 1. The number of nitrogens with one attached hydrogen (secondary N) is 1.